The van der Waals surface area contributed by atoms with Crippen LogP contribution in [0.4, 0.5) is 4.79 Å². The van der Waals surface area contributed by atoms with Gasteiger partial charge in [0.15, 0.2) is 0 Å². The van der Waals surface area contributed by atoms with Crippen LogP contribution in [0.1, 0.15) is 68.2 Å². The molecule has 132 valence electrons. The maximum Gasteiger partial charge on any atom is 0.317 e. The van der Waals surface area contributed by atoms with Crippen molar-refractivity contribution in [1.82, 2.24) is 15.1 Å². The average Bonchev–Trinajstić information content (AvgIpc) is 3.12. The van der Waals surface area contributed by atoms with Crippen molar-refractivity contribution >= 4 is 11.9 Å². The Morgan fingerprint density at radius 3 is 1.55 bits per heavy atom. The summed E-state index contributed by atoms with van der Waals surface area (Å²) in [5, 5.41) is 2.74. The van der Waals surface area contributed by atoms with E-state index in [1.165, 1.54) is 0 Å². The van der Waals surface area contributed by atoms with Crippen molar-refractivity contribution in [2.75, 3.05) is 19.6 Å². The molecule has 22 heavy (non-hydrogen) atoms. The zero-order chi connectivity index (χ0) is 17.7. The largest absolute Gasteiger partial charge is 0.340 e. The quantitative estimate of drug-likeness (QED) is 0.848. The highest BCUT2D eigenvalue weighted by molar-refractivity contribution is 5.78. The van der Waals surface area contributed by atoms with E-state index in [4.69, 9.17) is 0 Å². The highest BCUT2D eigenvalue weighted by Gasteiger charge is 2.22. The summed E-state index contributed by atoms with van der Waals surface area (Å²) >= 11 is 0. The van der Waals surface area contributed by atoms with Gasteiger partial charge >= 0.3 is 6.03 Å². The molecule has 1 N–H and O–H groups in total. The fourth-order valence-corrected chi connectivity index (χ4v) is 2.19. The summed E-state index contributed by atoms with van der Waals surface area (Å²) in [6.45, 7) is 18.8. The van der Waals surface area contributed by atoms with Crippen molar-refractivity contribution in [3.63, 3.8) is 0 Å². The molecule has 0 aromatic rings. The molecule has 0 radical (unpaired) electrons. The second kappa shape index (κ2) is 13.4. The molecule has 0 saturated carbocycles. The first kappa shape index (κ1) is 23.0. The van der Waals surface area contributed by atoms with Gasteiger partial charge in [0.1, 0.15) is 0 Å². The minimum atomic E-state index is 0.0741. The van der Waals surface area contributed by atoms with Gasteiger partial charge in [-0.25, -0.2) is 4.79 Å². The van der Waals surface area contributed by atoms with Crippen molar-refractivity contribution in [2.24, 2.45) is 0 Å². The lowest BCUT2D eigenvalue weighted by Gasteiger charge is -2.19. The molecule has 2 fully saturated rings. The zero-order valence-corrected chi connectivity index (χ0v) is 15.9. The van der Waals surface area contributed by atoms with E-state index in [0.29, 0.717) is 18.0 Å². The van der Waals surface area contributed by atoms with Gasteiger partial charge in [-0.1, -0.05) is 27.7 Å². The Morgan fingerprint density at radius 2 is 1.36 bits per heavy atom. The Balaban J connectivity index is 0. The van der Waals surface area contributed by atoms with Crippen molar-refractivity contribution in [2.45, 2.75) is 80.3 Å². The topological polar surface area (TPSA) is 52.7 Å². The van der Waals surface area contributed by atoms with E-state index < -0.39 is 0 Å². The van der Waals surface area contributed by atoms with Gasteiger partial charge in [0.05, 0.1) is 0 Å². The van der Waals surface area contributed by atoms with E-state index in [1.807, 2.05) is 51.3 Å². The van der Waals surface area contributed by atoms with Gasteiger partial charge in [-0.3, -0.25) is 4.79 Å². The third-order valence-electron chi connectivity index (χ3n) is 3.25. The Bertz CT molecular complexity index is 274. The summed E-state index contributed by atoms with van der Waals surface area (Å²) in [6, 6.07) is 0.817. The van der Waals surface area contributed by atoms with Crippen molar-refractivity contribution in [3.8, 4) is 0 Å². The van der Waals surface area contributed by atoms with Crippen LogP contribution in [-0.2, 0) is 4.79 Å². The van der Waals surface area contributed by atoms with E-state index in [9.17, 15) is 9.59 Å². The first-order valence-corrected chi connectivity index (χ1v) is 8.77. The van der Waals surface area contributed by atoms with E-state index in [-0.39, 0.29) is 6.03 Å². The molecular formula is C17H37N3O2. The molecule has 0 aromatic carbocycles. The number of rotatable bonds is 2. The summed E-state index contributed by atoms with van der Waals surface area (Å²) in [7, 11) is 0. The Labute approximate surface area is 137 Å². The summed E-state index contributed by atoms with van der Waals surface area (Å²) in [5.74, 6) is 0.324. The lowest BCUT2D eigenvalue weighted by molar-refractivity contribution is -0.129. The second-order valence-electron chi connectivity index (χ2n) is 5.30. The van der Waals surface area contributed by atoms with Gasteiger partial charge in [-0.05, 0) is 34.1 Å². The number of amides is 3. The Kier molecular flexibility index (Phi) is 14.0. The van der Waals surface area contributed by atoms with Gasteiger partial charge in [0.25, 0.3) is 0 Å². The number of carbonyl (C=O) groups is 2. The molecule has 2 heterocycles. The van der Waals surface area contributed by atoms with Gasteiger partial charge in [0, 0.05) is 38.1 Å². The molecule has 5 heteroatoms. The van der Waals surface area contributed by atoms with Gasteiger partial charge < -0.3 is 15.1 Å². The smallest absolute Gasteiger partial charge is 0.317 e. The molecule has 0 aliphatic carbocycles. The third-order valence-corrected chi connectivity index (χ3v) is 3.25. The average molecular weight is 316 g/mol. The van der Waals surface area contributed by atoms with Crippen molar-refractivity contribution < 1.29 is 9.59 Å². The first-order chi connectivity index (χ1) is 10.4. The molecule has 0 aromatic heterocycles. The highest BCUT2D eigenvalue weighted by Crippen LogP contribution is 2.12. The molecule has 3 amide bonds. The molecule has 0 bridgehead atoms. The standard InChI is InChI=1S/C7H13NO.C6H12N2O.2C2H6/c1-6(2)8-5-3-4-7(8)9;1-5(2)8-4-3-7-6(8)9;2*1-2/h6H,3-5H2,1-2H3;5H,3-4H2,1-2H3,(H,7,9);2*1-2H3. The van der Waals surface area contributed by atoms with Gasteiger partial charge in [-0.2, -0.15) is 0 Å². The first-order valence-electron chi connectivity index (χ1n) is 8.77. The number of likely N-dealkylation sites (tertiary alicyclic amines) is 1. The molecule has 2 rings (SSSR count). The molecule has 0 spiro atoms. The number of hydrogen-bond donors (Lipinski definition) is 1. The predicted molar refractivity (Wildman–Crippen MR) is 94.0 cm³/mol. The molecule has 5 nitrogen and oxygen atoms in total. The number of nitrogens with zero attached hydrogens (tertiary/aromatic N) is 2. The number of nitrogens with one attached hydrogen (secondary N) is 1. The summed E-state index contributed by atoms with van der Waals surface area (Å²) in [4.78, 5) is 25.5. The molecule has 2 aliphatic heterocycles. The molecule has 2 saturated heterocycles. The fraction of sp³-hybridized carbons (Fsp3) is 0.882. The lowest BCUT2D eigenvalue weighted by atomic mass is 10.3. The van der Waals surface area contributed by atoms with E-state index in [2.05, 4.69) is 19.2 Å². The molecule has 2 aliphatic rings. The van der Waals surface area contributed by atoms with Crippen molar-refractivity contribution in [3.05, 3.63) is 0 Å². The summed E-state index contributed by atoms with van der Waals surface area (Å²) in [6.07, 6.45) is 1.81. The van der Waals surface area contributed by atoms with Crippen LogP contribution in [0, 0.1) is 0 Å². The number of urea groups is 1. The third kappa shape index (κ3) is 8.25. The molecule has 0 atom stereocenters. The maximum absolute atomic E-state index is 10.9. The Morgan fingerprint density at radius 1 is 0.864 bits per heavy atom. The minimum absolute atomic E-state index is 0.0741. The minimum Gasteiger partial charge on any atom is -0.340 e. The molecular weight excluding hydrogens is 278 g/mol. The van der Waals surface area contributed by atoms with Crippen LogP contribution in [0.15, 0.2) is 0 Å². The van der Waals surface area contributed by atoms with E-state index >= 15 is 0 Å². The van der Waals surface area contributed by atoms with Crippen LogP contribution >= 0.6 is 0 Å². The van der Waals surface area contributed by atoms with Gasteiger partial charge in [0.2, 0.25) is 5.91 Å². The predicted octanol–water partition coefficient (Wildman–Crippen LogP) is 3.49. The van der Waals surface area contributed by atoms with Gasteiger partial charge in [-0.15, -0.1) is 0 Å². The maximum atomic E-state index is 10.9. The zero-order valence-electron chi connectivity index (χ0n) is 15.9. The SMILES string of the molecule is CC.CC.CC(C)N1CCCC1=O.CC(C)N1CCNC1=O. The lowest BCUT2D eigenvalue weighted by Crippen LogP contribution is -2.33. The highest BCUT2D eigenvalue weighted by atomic mass is 16.2. The van der Waals surface area contributed by atoms with Crippen LogP contribution in [0.3, 0.4) is 0 Å². The van der Waals surface area contributed by atoms with Crippen LogP contribution in [0.5, 0.6) is 0 Å². The van der Waals surface area contributed by atoms with E-state index in [1.54, 1.807) is 0 Å². The van der Waals surface area contributed by atoms with E-state index in [0.717, 1.165) is 32.5 Å². The number of carbonyl (C=O) groups excluding carboxylic acids is 2. The normalized spacial score (nSPS) is 16.5. The van der Waals surface area contributed by atoms with Crippen LogP contribution in [0.25, 0.3) is 0 Å². The second-order valence-corrected chi connectivity index (χ2v) is 5.30. The fourth-order valence-electron chi connectivity index (χ4n) is 2.19. The Hall–Kier alpha value is -1.26. The van der Waals surface area contributed by atoms with Crippen LogP contribution in [0.2, 0.25) is 0 Å². The summed E-state index contributed by atoms with van der Waals surface area (Å²) < 4.78 is 0. The summed E-state index contributed by atoms with van der Waals surface area (Å²) in [5.41, 5.74) is 0. The van der Waals surface area contributed by atoms with Crippen LogP contribution < -0.4 is 5.32 Å². The van der Waals surface area contributed by atoms with Crippen LogP contribution in [-0.4, -0.2) is 53.5 Å². The molecule has 0 unspecified atom stereocenters. The number of hydrogen-bond acceptors (Lipinski definition) is 2. The monoisotopic (exact) mass is 315 g/mol. The van der Waals surface area contributed by atoms with Crippen molar-refractivity contribution in [1.29, 1.82) is 0 Å².